The zero-order chi connectivity index (χ0) is 32.5. The fraction of sp³-hybridized carbons (Fsp3) is 0.484. The highest BCUT2D eigenvalue weighted by Crippen LogP contribution is 2.45. The zero-order valence-electron chi connectivity index (χ0n) is 25.8. The van der Waals surface area contributed by atoms with Gasteiger partial charge in [-0.15, -0.1) is 0 Å². The number of piperidine rings is 1. The van der Waals surface area contributed by atoms with Gasteiger partial charge in [-0.25, -0.2) is 9.48 Å². The number of halogens is 3. The predicted molar refractivity (Wildman–Crippen MR) is 159 cm³/mol. The van der Waals surface area contributed by atoms with Crippen molar-refractivity contribution in [1.29, 1.82) is 0 Å². The fourth-order valence-electron chi connectivity index (χ4n) is 5.51. The number of rotatable bonds is 6. The number of anilines is 1. The molecule has 0 radical (unpaired) electrons. The van der Waals surface area contributed by atoms with E-state index in [4.69, 9.17) is 14.2 Å². The molecule has 11 nitrogen and oxygen atoms in total. The van der Waals surface area contributed by atoms with E-state index in [0.717, 1.165) is 4.68 Å². The fourth-order valence-corrected chi connectivity index (χ4v) is 5.51. The second-order valence-electron chi connectivity index (χ2n) is 12.1. The number of likely N-dealkylation sites (tertiary alicyclic amines) is 1. The van der Waals surface area contributed by atoms with Crippen molar-refractivity contribution < 1.29 is 37.0 Å². The zero-order valence-corrected chi connectivity index (χ0v) is 25.8. The van der Waals surface area contributed by atoms with Crippen LogP contribution in [0, 0.1) is 0 Å². The van der Waals surface area contributed by atoms with Crippen LogP contribution in [-0.2, 0) is 4.74 Å². The monoisotopic (exact) mass is 630 g/mol. The van der Waals surface area contributed by atoms with Gasteiger partial charge in [0, 0.05) is 43.4 Å². The Labute approximate surface area is 259 Å². The first-order valence-electron chi connectivity index (χ1n) is 14.7. The quantitative estimate of drug-likeness (QED) is 0.353. The highest BCUT2D eigenvalue weighted by molar-refractivity contribution is 5.93. The van der Waals surface area contributed by atoms with E-state index in [9.17, 15) is 22.8 Å². The van der Waals surface area contributed by atoms with Gasteiger partial charge in [-0.05, 0) is 63.4 Å². The third-order valence-electron chi connectivity index (χ3n) is 7.77. The van der Waals surface area contributed by atoms with Gasteiger partial charge < -0.3 is 29.7 Å². The van der Waals surface area contributed by atoms with Crippen LogP contribution in [0.15, 0.2) is 42.6 Å². The van der Waals surface area contributed by atoms with Crippen molar-refractivity contribution in [1.82, 2.24) is 25.0 Å². The maximum atomic E-state index is 14.3. The van der Waals surface area contributed by atoms with Gasteiger partial charge in [0.25, 0.3) is 5.91 Å². The van der Waals surface area contributed by atoms with E-state index in [1.165, 1.54) is 32.5 Å². The number of hydrogen-bond acceptors (Lipinski definition) is 8. The molecular weight excluding hydrogens is 593 g/mol. The second kappa shape index (κ2) is 12.5. The first kappa shape index (κ1) is 31.9. The lowest BCUT2D eigenvalue weighted by Gasteiger charge is -2.33. The van der Waals surface area contributed by atoms with Crippen LogP contribution in [-0.4, -0.2) is 76.8 Å². The van der Waals surface area contributed by atoms with Crippen molar-refractivity contribution in [2.75, 3.05) is 32.6 Å². The van der Waals surface area contributed by atoms with E-state index in [1.807, 2.05) is 0 Å². The van der Waals surface area contributed by atoms with Gasteiger partial charge in [0.05, 0.1) is 26.0 Å². The summed E-state index contributed by atoms with van der Waals surface area (Å²) in [6, 6.07) is 6.93. The number of benzene rings is 1. The first-order valence-corrected chi connectivity index (χ1v) is 14.7. The molecule has 0 saturated carbocycles. The summed E-state index contributed by atoms with van der Waals surface area (Å²) in [5.41, 5.74) is 0.833. The molecule has 1 fully saturated rings. The maximum absolute atomic E-state index is 14.3. The minimum atomic E-state index is -4.56. The molecule has 1 saturated heterocycles. The highest BCUT2D eigenvalue weighted by atomic mass is 19.4. The van der Waals surface area contributed by atoms with Crippen molar-refractivity contribution in [2.24, 2.45) is 0 Å². The molecule has 2 aliphatic rings. The predicted octanol–water partition coefficient (Wildman–Crippen LogP) is 5.75. The SMILES string of the molecule is COc1ccc(C2CC(C(F)(F)F)n3nc(-c4ccnc(C(=O)NC5CCN(C(=O)OC(C)(C)C)CC5)c4)cc3N2)cc1OC. The number of nitrogens with one attached hydrogen (secondary N) is 2. The van der Waals surface area contributed by atoms with Crippen LogP contribution in [0.5, 0.6) is 11.5 Å². The molecule has 0 bridgehead atoms. The van der Waals surface area contributed by atoms with Crippen molar-refractivity contribution in [3.8, 4) is 22.8 Å². The van der Waals surface area contributed by atoms with Crippen LogP contribution in [0.3, 0.4) is 0 Å². The summed E-state index contributed by atoms with van der Waals surface area (Å²) in [6.45, 7) is 6.29. The highest BCUT2D eigenvalue weighted by Gasteiger charge is 2.46. The third kappa shape index (κ3) is 7.26. The Morgan fingerprint density at radius 3 is 2.36 bits per heavy atom. The summed E-state index contributed by atoms with van der Waals surface area (Å²) < 4.78 is 59.9. The van der Waals surface area contributed by atoms with Gasteiger partial charge in [-0.3, -0.25) is 9.78 Å². The van der Waals surface area contributed by atoms with Crippen LogP contribution in [0.4, 0.5) is 23.8 Å². The van der Waals surface area contributed by atoms with Gasteiger partial charge >= 0.3 is 12.3 Å². The lowest BCUT2D eigenvalue weighted by molar-refractivity contribution is -0.173. The minimum Gasteiger partial charge on any atom is -0.493 e. The number of amides is 2. The molecule has 2 unspecified atom stereocenters. The molecule has 242 valence electrons. The minimum absolute atomic E-state index is 0.108. The van der Waals surface area contributed by atoms with Crippen molar-refractivity contribution in [3.05, 3.63) is 53.9 Å². The standard InChI is InChI=1S/C31H37F3N6O5/c1-30(2,3)45-29(42)39-12-9-20(10-13-39)36-28(41)23-14-19(8-11-35-23)22-17-27-37-21(16-26(31(32,33)34)40(27)38-22)18-6-7-24(43-4)25(15-18)44-5/h6-8,11,14-15,17,20-21,26,37H,9-10,12-13,16H2,1-5H3,(H,36,41). The lowest BCUT2D eigenvalue weighted by Crippen LogP contribution is -2.47. The molecule has 0 aliphatic carbocycles. The van der Waals surface area contributed by atoms with Gasteiger partial charge in [-0.1, -0.05) is 6.07 Å². The van der Waals surface area contributed by atoms with Gasteiger partial charge in [0.15, 0.2) is 17.5 Å². The topological polar surface area (TPSA) is 120 Å². The summed E-state index contributed by atoms with van der Waals surface area (Å²) >= 11 is 0. The Bertz CT molecular complexity index is 1550. The number of carbonyl (C=O) groups is 2. The smallest absolute Gasteiger partial charge is 0.410 e. The van der Waals surface area contributed by atoms with Crippen molar-refractivity contribution in [2.45, 2.75) is 69.9 Å². The molecule has 2 aromatic heterocycles. The van der Waals surface area contributed by atoms with Crippen molar-refractivity contribution >= 4 is 17.8 Å². The summed E-state index contributed by atoms with van der Waals surface area (Å²) in [4.78, 5) is 31.2. The largest absolute Gasteiger partial charge is 0.493 e. The van der Waals surface area contributed by atoms with Crippen molar-refractivity contribution in [3.63, 3.8) is 0 Å². The molecule has 4 heterocycles. The molecule has 2 amide bonds. The van der Waals surface area contributed by atoms with Gasteiger partial charge in [-0.2, -0.15) is 18.3 Å². The van der Waals surface area contributed by atoms with Crippen LogP contribution in [0.1, 0.15) is 68.2 Å². The molecular formula is C31H37F3N6O5. The number of aromatic nitrogens is 3. The summed E-state index contributed by atoms with van der Waals surface area (Å²) in [6.07, 6.45) is -2.72. The van der Waals surface area contributed by atoms with E-state index in [-0.39, 0.29) is 35.8 Å². The molecule has 5 rings (SSSR count). The average molecular weight is 631 g/mol. The van der Waals surface area contributed by atoms with Gasteiger partial charge in [0.1, 0.15) is 17.1 Å². The van der Waals surface area contributed by atoms with E-state index >= 15 is 0 Å². The first-order chi connectivity index (χ1) is 21.3. The van der Waals surface area contributed by atoms with Crippen LogP contribution in [0.25, 0.3) is 11.3 Å². The molecule has 3 aromatic rings. The molecule has 2 N–H and O–H groups in total. The molecule has 2 aliphatic heterocycles. The Hall–Kier alpha value is -4.49. The van der Waals surface area contributed by atoms with Crippen LogP contribution >= 0.6 is 0 Å². The Kier molecular flexibility index (Phi) is 8.86. The van der Waals surface area contributed by atoms with E-state index in [1.54, 1.807) is 49.9 Å². The summed E-state index contributed by atoms with van der Waals surface area (Å²) in [5, 5.41) is 10.4. The molecule has 14 heteroatoms. The number of carbonyl (C=O) groups excluding carboxylic acids is 2. The average Bonchev–Trinajstić information content (AvgIpc) is 3.43. The Morgan fingerprint density at radius 2 is 1.71 bits per heavy atom. The number of alkyl halides is 3. The molecule has 1 aromatic carbocycles. The molecule has 45 heavy (non-hydrogen) atoms. The number of nitrogens with zero attached hydrogens (tertiary/aromatic N) is 4. The van der Waals surface area contributed by atoms with Crippen LogP contribution < -0.4 is 20.1 Å². The lowest BCUT2D eigenvalue weighted by atomic mass is 9.96. The maximum Gasteiger partial charge on any atom is 0.410 e. The third-order valence-corrected chi connectivity index (χ3v) is 7.77. The second-order valence-corrected chi connectivity index (χ2v) is 12.1. The summed E-state index contributed by atoms with van der Waals surface area (Å²) in [5.74, 6) is 0.658. The number of pyridine rings is 1. The Balaban J connectivity index is 1.31. The van der Waals surface area contributed by atoms with Gasteiger partial charge in [0.2, 0.25) is 0 Å². The van der Waals surface area contributed by atoms with E-state index < -0.39 is 29.8 Å². The number of ether oxygens (including phenoxy) is 3. The molecule has 0 spiro atoms. The normalized spacial score (nSPS) is 18.9. The molecule has 2 atom stereocenters. The van der Waals surface area contributed by atoms with E-state index in [2.05, 4.69) is 20.7 Å². The van der Waals surface area contributed by atoms with Crippen LogP contribution in [0.2, 0.25) is 0 Å². The Morgan fingerprint density at radius 1 is 1.00 bits per heavy atom. The van der Waals surface area contributed by atoms with E-state index in [0.29, 0.717) is 48.6 Å². The number of hydrogen-bond donors (Lipinski definition) is 2. The summed E-state index contributed by atoms with van der Waals surface area (Å²) in [7, 11) is 2.95. The number of methoxy groups -OCH3 is 2. The number of fused-ring (bicyclic) bond motifs is 1.